The molecular weight excluding hydrogens is 340 g/mol. The van der Waals surface area contributed by atoms with Gasteiger partial charge in [0.25, 0.3) is 5.91 Å². The topological polar surface area (TPSA) is 101 Å². The fourth-order valence-corrected chi connectivity index (χ4v) is 2.94. The van der Waals surface area contributed by atoms with Gasteiger partial charge in [0.15, 0.2) is 0 Å². The number of rotatable bonds is 8. The van der Waals surface area contributed by atoms with Gasteiger partial charge in [-0.15, -0.1) is 0 Å². The summed E-state index contributed by atoms with van der Waals surface area (Å²) in [5.41, 5.74) is 9.52. The first kappa shape index (κ1) is 18.6. The van der Waals surface area contributed by atoms with Crippen LogP contribution in [0.4, 0.5) is 5.82 Å². The number of hydrogen-bond donors (Lipinski definition) is 2. The minimum absolute atomic E-state index is 0.0566. The van der Waals surface area contributed by atoms with Gasteiger partial charge in [-0.2, -0.15) is 5.10 Å². The maximum atomic E-state index is 11.6. The molecule has 2 heterocycles. The molecule has 0 aliphatic heterocycles. The van der Waals surface area contributed by atoms with Crippen molar-refractivity contribution in [1.29, 1.82) is 0 Å². The lowest BCUT2D eigenvalue weighted by molar-refractivity contribution is 0.0990. The number of amides is 1. The molecule has 3 aromatic rings. The number of aryl methyl sites for hydroxylation is 1. The van der Waals surface area contributed by atoms with Crippen LogP contribution in [0.5, 0.6) is 0 Å². The van der Waals surface area contributed by atoms with Crippen molar-refractivity contribution < 1.29 is 4.79 Å². The fraction of sp³-hybridized carbons (Fsp3) is 0.300. The summed E-state index contributed by atoms with van der Waals surface area (Å²) in [5, 5.41) is 6.85. The Labute approximate surface area is 158 Å². The van der Waals surface area contributed by atoms with Gasteiger partial charge in [-0.3, -0.25) is 9.89 Å². The Morgan fingerprint density at radius 3 is 2.41 bits per heavy atom. The first-order valence-corrected chi connectivity index (χ1v) is 8.96. The molecule has 7 nitrogen and oxygen atoms in total. The van der Waals surface area contributed by atoms with Crippen molar-refractivity contribution >= 4 is 11.7 Å². The Bertz CT molecular complexity index is 892. The van der Waals surface area contributed by atoms with E-state index in [0.717, 1.165) is 48.6 Å². The molecule has 3 rings (SSSR count). The molecule has 0 radical (unpaired) electrons. The number of aromatic nitrogens is 4. The summed E-state index contributed by atoms with van der Waals surface area (Å²) < 4.78 is 0. The minimum Gasteiger partial charge on any atom is -0.363 e. The first-order chi connectivity index (χ1) is 13.0. The van der Waals surface area contributed by atoms with Crippen molar-refractivity contribution in [3.8, 4) is 0 Å². The van der Waals surface area contributed by atoms with Gasteiger partial charge in [-0.25, -0.2) is 9.97 Å². The van der Waals surface area contributed by atoms with Crippen molar-refractivity contribution in [2.24, 2.45) is 5.73 Å². The molecule has 140 valence electrons. The lowest BCUT2D eigenvalue weighted by atomic mass is 10.1. The van der Waals surface area contributed by atoms with Crippen molar-refractivity contribution in [1.82, 2.24) is 20.2 Å². The number of primary amides is 1. The van der Waals surface area contributed by atoms with Crippen LogP contribution in [0, 0.1) is 13.8 Å². The molecule has 0 saturated carbocycles. The van der Waals surface area contributed by atoms with Crippen LogP contribution in [-0.4, -0.2) is 39.2 Å². The summed E-state index contributed by atoms with van der Waals surface area (Å²) in [7, 11) is 0. The zero-order valence-electron chi connectivity index (χ0n) is 15.6. The average molecular weight is 364 g/mol. The molecule has 27 heavy (non-hydrogen) atoms. The third kappa shape index (κ3) is 4.69. The second kappa shape index (κ2) is 8.44. The van der Waals surface area contributed by atoms with Crippen LogP contribution in [0.25, 0.3) is 0 Å². The Morgan fingerprint density at radius 1 is 1.07 bits per heavy atom. The predicted molar refractivity (Wildman–Crippen MR) is 105 cm³/mol. The molecule has 0 spiro atoms. The fourth-order valence-electron chi connectivity index (χ4n) is 2.94. The Kier molecular flexibility index (Phi) is 5.80. The lowest BCUT2D eigenvalue weighted by Crippen LogP contribution is -2.31. The molecular formula is C20H24N6O. The summed E-state index contributed by atoms with van der Waals surface area (Å²) in [4.78, 5) is 22.5. The number of nitrogens with two attached hydrogens (primary N) is 1. The second-order valence-electron chi connectivity index (χ2n) is 6.52. The van der Waals surface area contributed by atoms with Gasteiger partial charge in [0.05, 0.1) is 6.20 Å². The van der Waals surface area contributed by atoms with Crippen LogP contribution in [0.1, 0.15) is 33.0 Å². The van der Waals surface area contributed by atoms with Crippen molar-refractivity contribution in [2.75, 3.05) is 18.0 Å². The van der Waals surface area contributed by atoms with Crippen LogP contribution >= 0.6 is 0 Å². The summed E-state index contributed by atoms with van der Waals surface area (Å²) >= 11 is 0. The first-order valence-electron chi connectivity index (χ1n) is 8.96. The van der Waals surface area contributed by atoms with E-state index in [1.807, 2.05) is 44.4 Å². The maximum absolute atomic E-state index is 11.6. The molecule has 0 aliphatic carbocycles. The van der Waals surface area contributed by atoms with Crippen LogP contribution in [0.2, 0.25) is 0 Å². The van der Waals surface area contributed by atoms with E-state index >= 15 is 0 Å². The van der Waals surface area contributed by atoms with Crippen LogP contribution < -0.4 is 10.6 Å². The Hall–Kier alpha value is -3.22. The Balaban J connectivity index is 1.87. The molecule has 0 unspecified atom stereocenters. The van der Waals surface area contributed by atoms with Gasteiger partial charge in [0.2, 0.25) is 5.82 Å². The molecule has 0 bridgehead atoms. The summed E-state index contributed by atoms with van der Waals surface area (Å²) in [6.07, 6.45) is 5.41. The number of hydrogen-bond acceptors (Lipinski definition) is 5. The predicted octanol–water partition coefficient (Wildman–Crippen LogP) is 2.21. The largest absolute Gasteiger partial charge is 0.363 e. The molecule has 1 amide bonds. The minimum atomic E-state index is -0.614. The average Bonchev–Trinajstić information content (AvgIpc) is 3.18. The molecule has 2 aromatic heterocycles. The van der Waals surface area contributed by atoms with E-state index in [1.165, 1.54) is 5.56 Å². The quantitative estimate of drug-likeness (QED) is 0.638. The second-order valence-corrected chi connectivity index (χ2v) is 6.52. The number of H-pyrrole nitrogens is 1. The van der Waals surface area contributed by atoms with Crippen LogP contribution in [0.15, 0.2) is 42.7 Å². The molecule has 3 N–H and O–H groups in total. The molecule has 1 aromatic carbocycles. The van der Waals surface area contributed by atoms with E-state index in [0.29, 0.717) is 0 Å². The Morgan fingerprint density at radius 2 is 1.78 bits per heavy atom. The van der Waals surface area contributed by atoms with E-state index in [2.05, 4.69) is 37.2 Å². The van der Waals surface area contributed by atoms with Crippen molar-refractivity contribution in [3.05, 3.63) is 70.9 Å². The number of carbonyl (C=O) groups excluding carboxylic acids is 1. The number of nitrogens with one attached hydrogen (secondary N) is 1. The zero-order valence-corrected chi connectivity index (χ0v) is 15.6. The van der Waals surface area contributed by atoms with Gasteiger partial charge in [-0.1, -0.05) is 30.3 Å². The van der Waals surface area contributed by atoms with E-state index in [-0.39, 0.29) is 5.82 Å². The van der Waals surface area contributed by atoms with Gasteiger partial charge in [-0.05, 0) is 37.8 Å². The number of carbonyl (C=O) groups is 1. The van der Waals surface area contributed by atoms with Gasteiger partial charge < -0.3 is 10.6 Å². The maximum Gasteiger partial charge on any atom is 0.286 e. The van der Waals surface area contributed by atoms with Crippen molar-refractivity contribution in [2.45, 2.75) is 26.7 Å². The molecule has 0 atom stereocenters. The summed E-state index contributed by atoms with van der Waals surface area (Å²) in [5.74, 6) is 0.203. The molecule has 0 aliphatic rings. The highest BCUT2D eigenvalue weighted by Gasteiger charge is 2.17. The molecule has 7 heteroatoms. The number of aromatic amines is 1. The van der Waals surface area contributed by atoms with E-state index in [9.17, 15) is 4.79 Å². The van der Waals surface area contributed by atoms with Crippen molar-refractivity contribution in [3.63, 3.8) is 0 Å². The summed E-state index contributed by atoms with van der Waals surface area (Å²) in [6.45, 7) is 5.38. The smallest absolute Gasteiger partial charge is 0.286 e. The van der Waals surface area contributed by atoms with Gasteiger partial charge in [0, 0.05) is 30.5 Å². The lowest BCUT2D eigenvalue weighted by Gasteiger charge is -2.26. The van der Waals surface area contributed by atoms with E-state index < -0.39 is 5.91 Å². The molecule has 0 fully saturated rings. The molecule has 0 saturated heterocycles. The standard InChI is InChI=1S/C20H24N6O/c1-14-15(2)24-19(18(21)27)25-20(14)26(11-9-17-12-22-23-13-17)10-8-16-6-4-3-5-7-16/h3-7,12-13H,8-11H2,1-2H3,(H2,21,27)(H,22,23). The number of anilines is 1. The monoisotopic (exact) mass is 364 g/mol. The normalized spacial score (nSPS) is 10.7. The number of benzene rings is 1. The SMILES string of the molecule is Cc1nc(C(N)=O)nc(N(CCc2ccccc2)CCc2cn[nH]c2)c1C. The third-order valence-corrected chi connectivity index (χ3v) is 4.62. The highest BCUT2D eigenvalue weighted by Crippen LogP contribution is 2.21. The van der Waals surface area contributed by atoms with E-state index in [4.69, 9.17) is 5.73 Å². The van der Waals surface area contributed by atoms with Gasteiger partial charge in [0.1, 0.15) is 5.82 Å². The van der Waals surface area contributed by atoms with Gasteiger partial charge >= 0.3 is 0 Å². The highest BCUT2D eigenvalue weighted by atomic mass is 16.1. The van der Waals surface area contributed by atoms with E-state index in [1.54, 1.807) is 0 Å². The zero-order chi connectivity index (χ0) is 19.2. The number of nitrogens with zero attached hydrogens (tertiary/aromatic N) is 4. The summed E-state index contributed by atoms with van der Waals surface area (Å²) in [6, 6.07) is 10.3. The van der Waals surface area contributed by atoms with Crippen LogP contribution in [0.3, 0.4) is 0 Å². The highest BCUT2D eigenvalue weighted by molar-refractivity contribution is 5.89. The van der Waals surface area contributed by atoms with Crippen LogP contribution in [-0.2, 0) is 12.8 Å². The third-order valence-electron chi connectivity index (χ3n) is 4.62.